The normalized spacial score (nSPS) is 23.5. The SMILES string of the molecule is Cc1nc2sc3c(N4CC5CC5C4)ncnc3c2c(C)c1Cl. The van der Waals surface area contributed by atoms with E-state index < -0.39 is 0 Å². The smallest absolute Gasteiger partial charge is 0.150 e. The number of anilines is 1. The number of halogens is 1. The lowest BCUT2D eigenvalue weighted by atomic mass is 10.1. The van der Waals surface area contributed by atoms with Gasteiger partial charge < -0.3 is 4.90 Å². The molecular formula is C16H15ClN4S. The largest absolute Gasteiger partial charge is 0.355 e. The first-order valence-corrected chi connectivity index (χ1v) is 8.77. The Morgan fingerprint density at radius 1 is 1.23 bits per heavy atom. The van der Waals surface area contributed by atoms with Gasteiger partial charge in [-0.1, -0.05) is 11.6 Å². The first kappa shape index (κ1) is 13.0. The number of hydrogen-bond donors (Lipinski definition) is 0. The Kier molecular flexibility index (Phi) is 2.54. The Bertz CT molecular complexity index is 925. The molecule has 1 saturated carbocycles. The van der Waals surface area contributed by atoms with Gasteiger partial charge in [-0.25, -0.2) is 15.0 Å². The van der Waals surface area contributed by atoms with Crippen LogP contribution >= 0.6 is 22.9 Å². The van der Waals surface area contributed by atoms with E-state index in [-0.39, 0.29) is 0 Å². The van der Waals surface area contributed by atoms with E-state index in [0.29, 0.717) is 0 Å². The molecule has 1 aliphatic heterocycles. The van der Waals surface area contributed by atoms with Crippen LogP contribution in [0.15, 0.2) is 6.33 Å². The fourth-order valence-corrected chi connectivity index (χ4v) is 5.07. The van der Waals surface area contributed by atoms with Gasteiger partial charge >= 0.3 is 0 Å². The molecule has 3 aromatic rings. The Morgan fingerprint density at radius 3 is 2.77 bits per heavy atom. The number of aryl methyl sites for hydroxylation is 2. The van der Waals surface area contributed by atoms with Crippen LogP contribution < -0.4 is 4.90 Å². The van der Waals surface area contributed by atoms with Gasteiger partial charge in [-0.15, -0.1) is 11.3 Å². The van der Waals surface area contributed by atoms with Crippen molar-refractivity contribution in [2.45, 2.75) is 20.3 Å². The van der Waals surface area contributed by atoms with Crippen molar-refractivity contribution in [3.8, 4) is 0 Å². The third-order valence-electron chi connectivity index (χ3n) is 5.00. The van der Waals surface area contributed by atoms with E-state index in [0.717, 1.165) is 67.5 Å². The van der Waals surface area contributed by atoms with Gasteiger partial charge in [0.1, 0.15) is 17.0 Å². The molecule has 0 spiro atoms. The highest BCUT2D eigenvalue weighted by atomic mass is 35.5. The summed E-state index contributed by atoms with van der Waals surface area (Å²) in [5, 5.41) is 1.83. The predicted octanol–water partition coefficient (Wildman–Crippen LogP) is 3.97. The molecule has 0 aromatic carbocycles. The van der Waals surface area contributed by atoms with E-state index in [2.05, 4.69) is 26.8 Å². The highest BCUT2D eigenvalue weighted by Crippen LogP contribution is 2.48. The van der Waals surface area contributed by atoms with Crippen LogP contribution in [0.2, 0.25) is 5.02 Å². The minimum Gasteiger partial charge on any atom is -0.355 e. The van der Waals surface area contributed by atoms with Gasteiger partial charge in [0.15, 0.2) is 0 Å². The lowest BCUT2D eigenvalue weighted by Crippen LogP contribution is -2.22. The molecule has 22 heavy (non-hydrogen) atoms. The molecule has 0 radical (unpaired) electrons. The lowest BCUT2D eigenvalue weighted by Gasteiger charge is -2.19. The van der Waals surface area contributed by atoms with E-state index >= 15 is 0 Å². The highest BCUT2D eigenvalue weighted by molar-refractivity contribution is 7.26. The highest BCUT2D eigenvalue weighted by Gasteiger charge is 2.45. The molecule has 2 atom stereocenters. The number of nitrogens with zero attached hydrogens (tertiary/aromatic N) is 4. The van der Waals surface area contributed by atoms with Gasteiger partial charge in [-0.2, -0.15) is 0 Å². The zero-order valence-corrected chi connectivity index (χ0v) is 14.0. The predicted molar refractivity (Wildman–Crippen MR) is 91.0 cm³/mol. The Labute approximate surface area is 137 Å². The summed E-state index contributed by atoms with van der Waals surface area (Å²) in [7, 11) is 0. The third kappa shape index (κ3) is 1.66. The maximum atomic E-state index is 6.39. The molecule has 1 saturated heterocycles. The van der Waals surface area contributed by atoms with Crippen LogP contribution in [0.3, 0.4) is 0 Å². The molecule has 4 nitrogen and oxygen atoms in total. The summed E-state index contributed by atoms with van der Waals surface area (Å²) in [5.41, 5.74) is 2.96. The number of pyridine rings is 1. The molecule has 1 aliphatic carbocycles. The van der Waals surface area contributed by atoms with E-state index in [1.54, 1.807) is 17.7 Å². The zero-order chi connectivity index (χ0) is 15.0. The van der Waals surface area contributed by atoms with Crippen molar-refractivity contribution in [2.75, 3.05) is 18.0 Å². The summed E-state index contributed by atoms with van der Waals surface area (Å²) >= 11 is 8.09. The van der Waals surface area contributed by atoms with Gasteiger partial charge in [0.25, 0.3) is 0 Å². The van der Waals surface area contributed by atoms with E-state index in [1.807, 2.05) is 6.92 Å². The molecule has 6 heteroatoms. The molecule has 112 valence electrons. The maximum absolute atomic E-state index is 6.39. The van der Waals surface area contributed by atoms with Crippen molar-refractivity contribution in [3.05, 3.63) is 22.6 Å². The topological polar surface area (TPSA) is 41.9 Å². The Hall–Kier alpha value is -1.46. The van der Waals surface area contributed by atoms with Crippen LogP contribution in [0, 0.1) is 25.7 Å². The minimum absolute atomic E-state index is 0.745. The summed E-state index contributed by atoms with van der Waals surface area (Å²) in [5.74, 6) is 2.85. The molecule has 3 aromatic heterocycles. The van der Waals surface area contributed by atoms with Gasteiger partial charge in [0, 0.05) is 18.5 Å². The molecule has 2 unspecified atom stereocenters. The van der Waals surface area contributed by atoms with Gasteiger partial charge in [-0.3, -0.25) is 0 Å². The van der Waals surface area contributed by atoms with Crippen LogP contribution in [0.1, 0.15) is 17.7 Å². The first-order valence-electron chi connectivity index (χ1n) is 7.58. The number of thiophene rings is 1. The second-order valence-electron chi connectivity index (χ2n) is 6.45. The molecular weight excluding hydrogens is 316 g/mol. The standard InChI is InChI=1S/C16H15ClN4S/c1-7-11-13-14(22-16(11)20-8(2)12(7)17)15(19-6-18-13)21-4-9-3-10(9)5-21/h6,9-10H,3-5H2,1-2H3. The number of aromatic nitrogens is 3. The molecule has 2 aliphatic rings. The number of hydrogen-bond acceptors (Lipinski definition) is 5. The Morgan fingerprint density at radius 2 is 2.00 bits per heavy atom. The zero-order valence-electron chi connectivity index (χ0n) is 12.4. The minimum atomic E-state index is 0.745. The second-order valence-corrected chi connectivity index (χ2v) is 7.83. The average Bonchev–Trinajstić information content (AvgIpc) is 2.94. The first-order chi connectivity index (χ1) is 10.6. The van der Waals surface area contributed by atoms with Crippen LogP contribution in [0.5, 0.6) is 0 Å². The van der Waals surface area contributed by atoms with Crippen LogP contribution in [0.4, 0.5) is 5.82 Å². The molecule has 0 amide bonds. The quantitative estimate of drug-likeness (QED) is 0.677. The molecule has 5 rings (SSSR count). The van der Waals surface area contributed by atoms with Crippen molar-refractivity contribution < 1.29 is 0 Å². The summed E-state index contributed by atoms with van der Waals surface area (Å²) < 4.78 is 1.15. The fraction of sp³-hybridized carbons (Fsp3) is 0.438. The van der Waals surface area contributed by atoms with Crippen molar-refractivity contribution in [2.24, 2.45) is 11.8 Å². The summed E-state index contributed by atoms with van der Waals surface area (Å²) in [4.78, 5) is 17.2. The van der Waals surface area contributed by atoms with Crippen molar-refractivity contribution in [3.63, 3.8) is 0 Å². The lowest BCUT2D eigenvalue weighted by molar-refractivity contribution is 0.808. The van der Waals surface area contributed by atoms with Crippen LogP contribution in [-0.2, 0) is 0 Å². The summed E-state index contributed by atoms with van der Waals surface area (Å²) in [6, 6.07) is 0. The van der Waals surface area contributed by atoms with Crippen molar-refractivity contribution in [1.29, 1.82) is 0 Å². The summed E-state index contributed by atoms with van der Waals surface area (Å²) in [6.45, 7) is 6.28. The van der Waals surface area contributed by atoms with Crippen molar-refractivity contribution >= 4 is 49.2 Å². The molecule has 4 heterocycles. The molecule has 2 fully saturated rings. The van der Waals surface area contributed by atoms with Crippen LogP contribution in [0.25, 0.3) is 20.4 Å². The Balaban J connectivity index is 1.79. The van der Waals surface area contributed by atoms with Gasteiger partial charge in [-0.05, 0) is 37.7 Å². The monoisotopic (exact) mass is 330 g/mol. The molecule has 0 N–H and O–H groups in total. The van der Waals surface area contributed by atoms with Crippen molar-refractivity contribution in [1.82, 2.24) is 15.0 Å². The fourth-order valence-electron chi connectivity index (χ4n) is 3.68. The van der Waals surface area contributed by atoms with E-state index in [4.69, 9.17) is 11.6 Å². The number of fused-ring (bicyclic) bond motifs is 4. The second kappa shape index (κ2) is 4.30. The summed E-state index contributed by atoms with van der Waals surface area (Å²) in [6.07, 6.45) is 3.08. The third-order valence-corrected chi connectivity index (χ3v) is 6.63. The van der Waals surface area contributed by atoms with E-state index in [9.17, 15) is 0 Å². The van der Waals surface area contributed by atoms with Crippen LogP contribution in [-0.4, -0.2) is 28.0 Å². The van der Waals surface area contributed by atoms with Gasteiger partial charge in [0.2, 0.25) is 0 Å². The maximum Gasteiger partial charge on any atom is 0.150 e. The van der Waals surface area contributed by atoms with Gasteiger partial charge in [0.05, 0.1) is 20.9 Å². The molecule has 0 bridgehead atoms. The van der Waals surface area contributed by atoms with E-state index in [1.165, 1.54) is 6.42 Å². The number of piperidine rings is 1. The average molecular weight is 331 g/mol. The number of rotatable bonds is 1.